The van der Waals surface area contributed by atoms with Gasteiger partial charge in [-0.25, -0.2) is 13.2 Å². The first-order valence-electron chi connectivity index (χ1n) is 18.6. The third-order valence-corrected chi connectivity index (χ3v) is 11.4. The molecule has 3 amide bonds. The van der Waals surface area contributed by atoms with Crippen LogP contribution in [-0.2, 0) is 42.2 Å². The fraction of sp³-hybridized carbons (Fsp3) is 0.632. The first-order valence-corrected chi connectivity index (χ1v) is 20.5. The largest absolute Gasteiger partial charge is 0.466 e. The average molecular weight is 775 g/mol. The van der Waals surface area contributed by atoms with Crippen molar-refractivity contribution in [3.63, 3.8) is 0 Å². The van der Waals surface area contributed by atoms with E-state index in [2.05, 4.69) is 16.6 Å². The summed E-state index contributed by atoms with van der Waals surface area (Å²) < 4.78 is 42.4. The van der Waals surface area contributed by atoms with Gasteiger partial charge in [-0.3, -0.25) is 19.3 Å². The van der Waals surface area contributed by atoms with Crippen molar-refractivity contribution in [2.75, 3.05) is 26.2 Å². The molecule has 298 valence electrons. The molecule has 0 spiro atoms. The van der Waals surface area contributed by atoms with E-state index in [1.807, 2.05) is 39.0 Å². The number of rotatable bonds is 17. The second kappa shape index (κ2) is 16.7. The van der Waals surface area contributed by atoms with Crippen molar-refractivity contribution in [3.05, 3.63) is 41.5 Å². The molecule has 5 unspecified atom stereocenters. The zero-order chi connectivity index (χ0) is 39.4. The second-order valence-electron chi connectivity index (χ2n) is 15.8. The van der Waals surface area contributed by atoms with Crippen molar-refractivity contribution in [3.8, 4) is 11.5 Å². The van der Waals surface area contributed by atoms with E-state index in [1.54, 1.807) is 11.0 Å². The zero-order valence-electron chi connectivity index (χ0n) is 31.6. The Morgan fingerprint density at radius 2 is 1.93 bits per heavy atom. The van der Waals surface area contributed by atoms with Crippen LogP contribution in [-0.4, -0.2) is 96.3 Å². The van der Waals surface area contributed by atoms with Gasteiger partial charge in [0.2, 0.25) is 28.6 Å². The minimum Gasteiger partial charge on any atom is -0.466 e. The average Bonchev–Trinajstić information content (AvgIpc) is 3.51. The van der Waals surface area contributed by atoms with E-state index in [0.29, 0.717) is 76.0 Å². The van der Waals surface area contributed by atoms with Crippen molar-refractivity contribution >= 4 is 40.0 Å². The van der Waals surface area contributed by atoms with Crippen LogP contribution in [0.2, 0.25) is 0 Å². The van der Waals surface area contributed by atoms with Crippen molar-refractivity contribution in [1.29, 1.82) is 0 Å². The number of esters is 1. The Kier molecular flexibility index (Phi) is 12.7. The van der Waals surface area contributed by atoms with E-state index in [4.69, 9.17) is 14.2 Å². The number of likely N-dealkylation sites (tertiary alicyclic amines) is 1. The predicted molar refractivity (Wildman–Crippen MR) is 198 cm³/mol. The van der Waals surface area contributed by atoms with Gasteiger partial charge >= 0.3 is 12.1 Å². The number of hydrogen-bond acceptors (Lipinski definition) is 10. The Hall–Kier alpha value is -4.15. The van der Waals surface area contributed by atoms with Crippen LogP contribution in [0.15, 0.2) is 24.8 Å². The molecule has 1 aromatic rings. The molecule has 0 bridgehead atoms. The molecule has 1 saturated heterocycles. The van der Waals surface area contributed by atoms with Crippen LogP contribution in [0.25, 0.3) is 6.08 Å². The number of sulfonamides is 1. The highest BCUT2D eigenvalue weighted by Gasteiger charge is 2.60. The van der Waals surface area contributed by atoms with E-state index in [1.165, 1.54) is 4.90 Å². The van der Waals surface area contributed by atoms with E-state index in [0.717, 1.165) is 22.9 Å². The highest BCUT2D eigenvalue weighted by atomic mass is 32.2. The molecule has 0 radical (unpaired) electrons. The lowest BCUT2D eigenvalue weighted by atomic mass is 9.76. The van der Waals surface area contributed by atoms with Gasteiger partial charge in [0.1, 0.15) is 12.3 Å². The van der Waals surface area contributed by atoms with Gasteiger partial charge in [-0.1, -0.05) is 45.4 Å². The standard InChI is InChI=1S/C38H54N4O11S/c1-6-25-20-38(25,35(46)40-54(5,49)50)39-33(44)29-15-12-17-42(29)34(45)28(37(2,3)4)14-9-10-16-31(43)51-18-11-7-8-13-26-27-22-41(36(47)48)21-24(27)19-30-32(26)53-23-52-30/h6,8,13,19,25,28-29,35,40,46H,1,7,9-12,14-18,20-23H2,2-5H3,(H,39,44)(H,47,48). The fourth-order valence-corrected chi connectivity index (χ4v) is 8.32. The quantitative estimate of drug-likeness (QED) is 0.0775. The van der Waals surface area contributed by atoms with E-state index in [-0.39, 0.29) is 44.2 Å². The summed E-state index contributed by atoms with van der Waals surface area (Å²) >= 11 is 0. The highest BCUT2D eigenvalue weighted by Crippen LogP contribution is 2.47. The molecule has 4 N–H and O–H groups in total. The maximum Gasteiger partial charge on any atom is 0.407 e. The summed E-state index contributed by atoms with van der Waals surface area (Å²) in [5.41, 5.74) is 0.963. The number of allylic oxidation sites excluding steroid dienone is 1. The van der Waals surface area contributed by atoms with E-state index >= 15 is 0 Å². The lowest BCUT2D eigenvalue weighted by molar-refractivity contribution is -0.145. The molecule has 54 heavy (non-hydrogen) atoms. The number of ether oxygens (including phenoxy) is 3. The monoisotopic (exact) mass is 774 g/mol. The van der Waals surface area contributed by atoms with E-state index in [9.17, 15) is 37.8 Å². The molecule has 1 saturated carbocycles. The lowest BCUT2D eigenvalue weighted by Gasteiger charge is -2.36. The predicted octanol–water partition coefficient (Wildman–Crippen LogP) is 3.89. The topological polar surface area (TPSA) is 201 Å². The number of unbranched alkanes of at least 4 members (excludes halogenated alkanes) is 2. The third kappa shape index (κ3) is 9.55. The summed E-state index contributed by atoms with van der Waals surface area (Å²) in [4.78, 5) is 54.5. The molecule has 2 fully saturated rings. The van der Waals surface area contributed by atoms with Gasteiger partial charge in [-0.15, -0.1) is 6.58 Å². The molecule has 1 aromatic carbocycles. The molecule has 5 rings (SSSR count). The molecular weight excluding hydrogens is 721 g/mol. The van der Waals surface area contributed by atoms with Gasteiger partial charge in [-0.05, 0) is 67.6 Å². The van der Waals surface area contributed by atoms with Crippen molar-refractivity contribution in [1.82, 2.24) is 19.8 Å². The summed E-state index contributed by atoms with van der Waals surface area (Å²) in [5, 5.41) is 23.0. The zero-order valence-corrected chi connectivity index (χ0v) is 32.4. The Balaban J connectivity index is 1.06. The van der Waals surface area contributed by atoms with E-state index < -0.39 is 51.2 Å². The first-order chi connectivity index (χ1) is 25.4. The van der Waals surface area contributed by atoms with Gasteiger partial charge in [0.25, 0.3) is 0 Å². The third-order valence-electron chi connectivity index (χ3n) is 10.8. The van der Waals surface area contributed by atoms with Crippen LogP contribution in [0.3, 0.4) is 0 Å². The molecule has 15 nitrogen and oxygen atoms in total. The van der Waals surface area contributed by atoms with Gasteiger partial charge in [0.05, 0.1) is 24.9 Å². The highest BCUT2D eigenvalue weighted by molar-refractivity contribution is 7.88. The van der Waals surface area contributed by atoms with Crippen LogP contribution in [0.4, 0.5) is 4.79 Å². The number of amides is 3. The Morgan fingerprint density at radius 3 is 2.59 bits per heavy atom. The number of carbonyl (C=O) groups excluding carboxylic acids is 3. The molecule has 3 heterocycles. The van der Waals surface area contributed by atoms with Gasteiger partial charge < -0.3 is 34.6 Å². The minimum atomic E-state index is -3.75. The van der Waals surface area contributed by atoms with Gasteiger partial charge in [0, 0.05) is 36.9 Å². The second-order valence-corrected chi connectivity index (χ2v) is 17.6. The van der Waals surface area contributed by atoms with Gasteiger partial charge in [-0.2, -0.15) is 4.72 Å². The normalized spacial score (nSPS) is 22.9. The number of aliphatic hydroxyl groups is 1. The molecule has 16 heteroatoms. The number of nitrogens with zero attached hydrogens (tertiary/aromatic N) is 2. The SMILES string of the molecule is C=CC1CC1(NC(=O)C1CCCN1C(=O)C(CCCCC(=O)OCCCC=Cc1c2c(cc3c1OCO3)CN(C(=O)O)C2)C(C)(C)C)C(O)NS(C)(=O)=O. The number of nitrogens with one attached hydrogen (secondary N) is 2. The van der Waals surface area contributed by atoms with Crippen LogP contribution in [0.1, 0.15) is 95.2 Å². The number of hydrogen-bond donors (Lipinski definition) is 4. The summed E-state index contributed by atoms with van der Waals surface area (Å²) in [6, 6.07) is 1.09. The summed E-state index contributed by atoms with van der Waals surface area (Å²) in [6.07, 6.45) is 8.37. The molecule has 3 aliphatic heterocycles. The Labute approximate surface area is 317 Å². The van der Waals surface area contributed by atoms with Crippen LogP contribution in [0, 0.1) is 17.3 Å². The molecule has 4 aliphatic rings. The van der Waals surface area contributed by atoms with Crippen LogP contribution >= 0.6 is 0 Å². The maximum atomic E-state index is 14.0. The molecular formula is C38H54N4O11S. The molecule has 1 aliphatic carbocycles. The summed E-state index contributed by atoms with van der Waals surface area (Å²) in [5.74, 6) is -0.415. The van der Waals surface area contributed by atoms with Crippen molar-refractivity contribution < 1.29 is 52.0 Å². The summed E-state index contributed by atoms with van der Waals surface area (Å²) in [7, 11) is -3.75. The van der Waals surface area contributed by atoms with Gasteiger partial charge in [0.15, 0.2) is 11.5 Å². The Morgan fingerprint density at radius 1 is 1.17 bits per heavy atom. The Bertz CT molecular complexity index is 1760. The molecule has 5 atom stereocenters. The van der Waals surface area contributed by atoms with Crippen LogP contribution in [0.5, 0.6) is 11.5 Å². The number of aliphatic hydroxyl groups excluding tert-OH is 1. The van der Waals surface area contributed by atoms with Crippen molar-refractivity contribution in [2.24, 2.45) is 17.3 Å². The van der Waals surface area contributed by atoms with Crippen molar-refractivity contribution in [2.45, 2.75) is 109 Å². The van der Waals surface area contributed by atoms with Crippen LogP contribution < -0.4 is 19.5 Å². The fourth-order valence-electron chi connectivity index (χ4n) is 7.71. The summed E-state index contributed by atoms with van der Waals surface area (Å²) in [6.45, 7) is 11.0. The number of benzene rings is 1. The number of fused-ring (bicyclic) bond motifs is 2. The first kappa shape index (κ1) is 41.0. The maximum absolute atomic E-state index is 14.0. The molecule has 0 aromatic heterocycles. The lowest BCUT2D eigenvalue weighted by Crippen LogP contribution is -2.58. The smallest absolute Gasteiger partial charge is 0.407 e. The minimum absolute atomic E-state index is 0.114. The number of carboxylic acid groups (broad SMARTS) is 1. The number of carbonyl (C=O) groups is 4.